The number of aromatic nitrogens is 2. The summed E-state index contributed by atoms with van der Waals surface area (Å²) in [4.78, 5) is 24.0. The molecule has 0 saturated carbocycles. The molecule has 0 spiro atoms. The van der Waals surface area contributed by atoms with Gasteiger partial charge in [-0.1, -0.05) is 25.1 Å². The summed E-state index contributed by atoms with van der Waals surface area (Å²) in [7, 11) is 3.09. The van der Waals surface area contributed by atoms with Crippen LogP contribution in [0.1, 0.15) is 17.3 Å². The van der Waals surface area contributed by atoms with Gasteiger partial charge in [0.25, 0.3) is 5.91 Å². The monoisotopic (exact) mass is 409 g/mol. The van der Waals surface area contributed by atoms with Crippen LogP contribution in [0.3, 0.4) is 0 Å². The molecule has 1 atom stereocenters. The number of hydrogen-bond acceptors (Lipinski definition) is 5. The van der Waals surface area contributed by atoms with Crippen molar-refractivity contribution in [3.63, 3.8) is 0 Å². The van der Waals surface area contributed by atoms with Crippen molar-refractivity contribution >= 4 is 11.9 Å². The first-order valence-electron chi connectivity index (χ1n) is 9.33. The second kappa shape index (κ2) is 9.13. The molecule has 1 unspecified atom stereocenters. The highest BCUT2D eigenvalue weighted by molar-refractivity contribution is 6.00. The molecular weight excluding hydrogens is 386 g/mol. The van der Waals surface area contributed by atoms with Crippen molar-refractivity contribution in [2.45, 2.75) is 6.92 Å². The minimum atomic E-state index is -0.982. The van der Waals surface area contributed by atoms with Crippen molar-refractivity contribution in [1.82, 2.24) is 15.1 Å². The Morgan fingerprint density at radius 3 is 2.50 bits per heavy atom. The normalized spacial score (nSPS) is 11.6. The summed E-state index contributed by atoms with van der Waals surface area (Å²) in [6.07, 6.45) is 1.62. The molecule has 0 bridgehead atoms. The average molecular weight is 409 g/mol. The van der Waals surface area contributed by atoms with E-state index in [2.05, 4.69) is 10.4 Å². The smallest absolute Gasteiger partial charge is 0.308 e. The number of methoxy groups -OCH3 is 2. The fraction of sp³-hybridized carbons (Fsp3) is 0.227. The number of carbonyl (C=O) groups excluding carboxylic acids is 1. The van der Waals surface area contributed by atoms with Crippen LogP contribution in [0.4, 0.5) is 0 Å². The number of carbonyl (C=O) groups is 2. The maximum Gasteiger partial charge on any atom is 0.308 e. The standard InChI is InChI=1S/C22H23N3O5/c1-14(22(27)28)12-23-21(26)18-13-25(15-7-5-4-6-8-15)24-20(18)17-11-16(29-2)9-10-19(17)30-3/h4-11,13-14H,12H2,1-3H3,(H,23,26)(H,27,28). The number of ether oxygens (including phenoxy) is 2. The van der Waals surface area contributed by atoms with E-state index in [1.165, 1.54) is 14.0 Å². The minimum absolute atomic E-state index is 0.000626. The molecule has 30 heavy (non-hydrogen) atoms. The molecule has 0 radical (unpaired) electrons. The third kappa shape index (κ3) is 4.43. The summed E-state index contributed by atoms with van der Waals surface area (Å²) in [5.41, 5.74) is 2.06. The molecule has 8 nitrogen and oxygen atoms in total. The Morgan fingerprint density at radius 1 is 1.13 bits per heavy atom. The minimum Gasteiger partial charge on any atom is -0.497 e. The molecule has 0 fully saturated rings. The second-order valence-corrected chi connectivity index (χ2v) is 6.69. The summed E-state index contributed by atoms with van der Waals surface area (Å²) in [6, 6.07) is 14.6. The molecule has 3 aromatic rings. The summed E-state index contributed by atoms with van der Waals surface area (Å²) < 4.78 is 12.4. The average Bonchev–Trinajstić information content (AvgIpc) is 3.22. The Balaban J connectivity index is 2.08. The van der Waals surface area contributed by atoms with Gasteiger partial charge in [-0.2, -0.15) is 5.10 Å². The van der Waals surface area contributed by atoms with Crippen molar-refractivity contribution in [1.29, 1.82) is 0 Å². The van der Waals surface area contributed by atoms with Crippen LogP contribution < -0.4 is 14.8 Å². The van der Waals surface area contributed by atoms with Crippen molar-refractivity contribution < 1.29 is 24.2 Å². The van der Waals surface area contributed by atoms with E-state index in [4.69, 9.17) is 14.6 Å². The van der Waals surface area contributed by atoms with E-state index in [0.717, 1.165) is 5.69 Å². The molecule has 0 aliphatic heterocycles. The molecular formula is C22H23N3O5. The SMILES string of the molecule is COc1ccc(OC)c(-c2nn(-c3ccccc3)cc2C(=O)NCC(C)C(=O)O)c1. The van der Waals surface area contributed by atoms with Gasteiger partial charge in [0.15, 0.2) is 0 Å². The Kier molecular flexibility index (Phi) is 6.36. The van der Waals surface area contributed by atoms with E-state index < -0.39 is 17.8 Å². The Labute approximate surface area is 174 Å². The maximum absolute atomic E-state index is 12.9. The third-order valence-corrected chi connectivity index (χ3v) is 4.63. The molecule has 1 aromatic heterocycles. The third-order valence-electron chi connectivity index (χ3n) is 4.63. The first-order chi connectivity index (χ1) is 14.4. The number of carboxylic acid groups (broad SMARTS) is 1. The summed E-state index contributed by atoms with van der Waals surface area (Å²) in [6.45, 7) is 1.53. The Bertz CT molecular complexity index is 1050. The molecule has 0 aliphatic carbocycles. The first kappa shape index (κ1) is 20.9. The molecule has 156 valence electrons. The molecule has 2 aromatic carbocycles. The summed E-state index contributed by atoms with van der Waals surface area (Å²) in [5, 5.41) is 16.4. The predicted octanol–water partition coefficient (Wildman–Crippen LogP) is 3.01. The number of carboxylic acids is 1. The number of rotatable bonds is 8. The van der Waals surface area contributed by atoms with Gasteiger partial charge in [-0.15, -0.1) is 0 Å². The lowest BCUT2D eigenvalue weighted by molar-refractivity contribution is -0.140. The van der Waals surface area contributed by atoms with E-state index in [1.54, 1.807) is 36.2 Å². The number of amides is 1. The zero-order valence-electron chi connectivity index (χ0n) is 17.0. The van der Waals surface area contributed by atoms with Crippen LogP contribution in [0.2, 0.25) is 0 Å². The maximum atomic E-state index is 12.9. The lowest BCUT2D eigenvalue weighted by Gasteiger charge is -2.11. The van der Waals surface area contributed by atoms with E-state index in [1.807, 2.05) is 30.3 Å². The van der Waals surface area contributed by atoms with Gasteiger partial charge in [-0.3, -0.25) is 9.59 Å². The molecule has 2 N–H and O–H groups in total. The number of nitrogens with one attached hydrogen (secondary N) is 1. The van der Waals surface area contributed by atoms with Crippen molar-refractivity contribution in [2.75, 3.05) is 20.8 Å². The fourth-order valence-electron chi connectivity index (χ4n) is 2.88. The van der Waals surface area contributed by atoms with Gasteiger partial charge < -0.3 is 19.9 Å². The summed E-state index contributed by atoms with van der Waals surface area (Å²) in [5.74, 6) is -1.00. The topological polar surface area (TPSA) is 103 Å². The van der Waals surface area contributed by atoms with Crippen molar-refractivity contribution in [3.8, 4) is 28.4 Å². The van der Waals surface area contributed by atoms with Crippen molar-refractivity contribution in [3.05, 3.63) is 60.3 Å². The Hall–Kier alpha value is -3.81. The molecule has 1 heterocycles. The quantitative estimate of drug-likeness (QED) is 0.593. The zero-order valence-corrected chi connectivity index (χ0v) is 17.0. The molecule has 1 amide bonds. The van der Waals surface area contributed by atoms with Crippen molar-refractivity contribution in [2.24, 2.45) is 5.92 Å². The van der Waals surface area contributed by atoms with E-state index in [-0.39, 0.29) is 6.54 Å². The lowest BCUT2D eigenvalue weighted by Crippen LogP contribution is -2.31. The zero-order chi connectivity index (χ0) is 21.7. The van der Waals surface area contributed by atoms with Gasteiger partial charge in [-0.25, -0.2) is 4.68 Å². The van der Waals surface area contributed by atoms with Gasteiger partial charge in [0.1, 0.15) is 17.2 Å². The van der Waals surface area contributed by atoms with Gasteiger partial charge >= 0.3 is 5.97 Å². The highest BCUT2D eigenvalue weighted by atomic mass is 16.5. The summed E-state index contributed by atoms with van der Waals surface area (Å²) >= 11 is 0. The van der Waals surface area contributed by atoms with Gasteiger partial charge in [0, 0.05) is 18.3 Å². The molecule has 0 aliphatic rings. The van der Waals surface area contributed by atoms with Crippen LogP contribution >= 0.6 is 0 Å². The van der Waals surface area contributed by atoms with E-state index >= 15 is 0 Å². The largest absolute Gasteiger partial charge is 0.497 e. The van der Waals surface area contributed by atoms with E-state index in [0.29, 0.717) is 28.3 Å². The second-order valence-electron chi connectivity index (χ2n) is 6.69. The lowest BCUT2D eigenvalue weighted by atomic mass is 10.1. The number of aliphatic carboxylic acids is 1. The highest BCUT2D eigenvalue weighted by Gasteiger charge is 2.23. The Morgan fingerprint density at radius 2 is 1.87 bits per heavy atom. The molecule has 3 rings (SSSR count). The van der Waals surface area contributed by atoms with Crippen LogP contribution in [-0.2, 0) is 4.79 Å². The number of benzene rings is 2. The van der Waals surface area contributed by atoms with Crippen LogP contribution in [0.25, 0.3) is 16.9 Å². The predicted molar refractivity (Wildman–Crippen MR) is 111 cm³/mol. The number of hydrogen-bond donors (Lipinski definition) is 2. The fourth-order valence-corrected chi connectivity index (χ4v) is 2.88. The van der Waals surface area contributed by atoms with Gasteiger partial charge in [-0.05, 0) is 30.3 Å². The van der Waals surface area contributed by atoms with Crippen LogP contribution in [-0.4, -0.2) is 47.5 Å². The van der Waals surface area contributed by atoms with Crippen LogP contribution in [0.5, 0.6) is 11.5 Å². The highest BCUT2D eigenvalue weighted by Crippen LogP contribution is 2.35. The molecule has 8 heteroatoms. The number of para-hydroxylation sites is 1. The molecule has 0 saturated heterocycles. The van der Waals surface area contributed by atoms with E-state index in [9.17, 15) is 9.59 Å². The van der Waals surface area contributed by atoms with Crippen LogP contribution in [0.15, 0.2) is 54.7 Å². The van der Waals surface area contributed by atoms with Gasteiger partial charge in [0.05, 0.1) is 31.4 Å². The van der Waals surface area contributed by atoms with Crippen LogP contribution in [0, 0.1) is 5.92 Å². The van der Waals surface area contributed by atoms with Gasteiger partial charge in [0.2, 0.25) is 0 Å². The first-order valence-corrected chi connectivity index (χ1v) is 9.33. The number of nitrogens with zero attached hydrogens (tertiary/aromatic N) is 2.